The third-order valence-corrected chi connectivity index (χ3v) is 5.87. The molecular weight excluding hydrogens is 358 g/mol. The first-order valence-corrected chi connectivity index (χ1v) is 7.99. The Morgan fingerprint density at radius 1 is 0.739 bits per heavy atom. The summed E-state index contributed by atoms with van der Waals surface area (Å²) in [5.41, 5.74) is -3.61. The number of aryl methyl sites for hydroxylation is 1. The van der Waals surface area contributed by atoms with Gasteiger partial charge in [-0.15, -0.1) is 0 Å². The normalized spacial score (nSPS) is 14.4. The van der Waals surface area contributed by atoms with Gasteiger partial charge in [0.2, 0.25) is 0 Å². The van der Waals surface area contributed by atoms with Crippen molar-refractivity contribution < 1.29 is 26.3 Å². The fraction of sp³-hybridized carbons (Fsp3) is 0.200. The van der Waals surface area contributed by atoms with Crippen LogP contribution in [0.3, 0.4) is 0 Å². The molecular formula is C15H8F6S2. The number of alkyl halides is 6. The lowest BCUT2D eigenvalue weighted by molar-refractivity contribution is -0.164. The molecule has 2 aromatic rings. The molecule has 8 heteroatoms. The van der Waals surface area contributed by atoms with E-state index in [9.17, 15) is 26.3 Å². The second-order valence-electron chi connectivity index (χ2n) is 4.92. The molecule has 0 amide bonds. The maximum Gasteiger partial charge on any atom is 0.418 e. The Balaban J connectivity index is 2.31. The second kappa shape index (κ2) is 5.37. The number of hydrogen-bond donors (Lipinski definition) is 0. The van der Waals surface area contributed by atoms with Crippen molar-refractivity contribution in [3.05, 3.63) is 47.0 Å². The summed E-state index contributed by atoms with van der Waals surface area (Å²) in [5, 5.41) is 0. The standard InChI is InChI=1S/C15H8F6S2/c1-7-6-10-13(23-9-5-3-2-4-8(9)22-10)12(15(19,20)21)11(7)14(16,17)18/h2-6H,1H3. The van der Waals surface area contributed by atoms with Crippen LogP contribution in [0.25, 0.3) is 0 Å². The lowest BCUT2D eigenvalue weighted by Gasteiger charge is -2.26. The summed E-state index contributed by atoms with van der Waals surface area (Å²) in [6, 6.07) is 7.89. The third kappa shape index (κ3) is 2.94. The molecule has 0 aliphatic carbocycles. The Morgan fingerprint density at radius 2 is 1.26 bits per heavy atom. The van der Waals surface area contributed by atoms with Crippen molar-refractivity contribution in [3.63, 3.8) is 0 Å². The van der Waals surface area contributed by atoms with E-state index in [1.54, 1.807) is 24.3 Å². The minimum Gasteiger partial charge on any atom is -0.166 e. The average Bonchev–Trinajstić information content (AvgIpc) is 2.41. The minimum atomic E-state index is -5.08. The smallest absolute Gasteiger partial charge is 0.166 e. The highest BCUT2D eigenvalue weighted by atomic mass is 32.2. The highest BCUT2D eigenvalue weighted by Gasteiger charge is 2.47. The van der Waals surface area contributed by atoms with Crippen LogP contribution in [0, 0.1) is 6.92 Å². The van der Waals surface area contributed by atoms with E-state index < -0.39 is 29.0 Å². The molecule has 1 aliphatic rings. The molecule has 1 heterocycles. The highest BCUT2D eigenvalue weighted by Crippen LogP contribution is 2.55. The predicted molar refractivity (Wildman–Crippen MR) is 75.9 cm³/mol. The van der Waals surface area contributed by atoms with Crippen LogP contribution in [0.4, 0.5) is 26.3 Å². The predicted octanol–water partition coefficient (Wildman–Crippen LogP) is 6.65. The third-order valence-electron chi connectivity index (χ3n) is 3.29. The highest BCUT2D eigenvalue weighted by molar-refractivity contribution is 8.05. The van der Waals surface area contributed by atoms with Gasteiger partial charge in [-0.05, 0) is 30.7 Å². The van der Waals surface area contributed by atoms with Gasteiger partial charge in [-0.25, -0.2) is 0 Å². The molecule has 0 atom stereocenters. The van der Waals surface area contributed by atoms with Crippen molar-refractivity contribution in [2.24, 2.45) is 0 Å². The summed E-state index contributed by atoms with van der Waals surface area (Å²) in [6.07, 6.45) is -10.1. The minimum absolute atomic E-state index is 0.200. The number of benzene rings is 2. The van der Waals surface area contributed by atoms with Gasteiger partial charge in [-0.3, -0.25) is 0 Å². The summed E-state index contributed by atoms with van der Waals surface area (Å²) >= 11 is 1.79. The van der Waals surface area contributed by atoms with Gasteiger partial charge in [0.05, 0.1) is 11.1 Å². The van der Waals surface area contributed by atoms with Gasteiger partial charge >= 0.3 is 12.4 Å². The monoisotopic (exact) mass is 366 g/mol. The molecule has 0 saturated carbocycles. The Labute approximate surface area is 136 Å². The lowest BCUT2D eigenvalue weighted by Crippen LogP contribution is -2.20. The molecule has 0 aromatic heterocycles. The van der Waals surface area contributed by atoms with Crippen molar-refractivity contribution in [3.8, 4) is 0 Å². The van der Waals surface area contributed by atoms with E-state index in [0.717, 1.165) is 35.3 Å². The van der Waals surface area contributed by atoms with Gasteiger partial charge in [-0.1, -0.05) is 35.7 Å². The van der Waals surface area contributed by atoms with Gasteiger partial charge in [0, 0.05) is 19.6 Å². The van der Waals surface area contributed by atoms with E-state index in [0.29, 0.717) is 4.90 Å². The van der Waals surface area contributed by atoms with Crippen LogP contribution < -0.4 is 0 Å². The van der Waals surface area contributed by atoms with Crippen LogP contribution in [0.2, 0.25) is 0 Å². The molecule has 0 radical (unpaired) electrons. The first-order valence-electron chi connectivity index (χ1n) is 6.36. The fourth-order valence-corrected chi connectivity index (χ4v) is 4.93. The molecule has 3 rings (SSSR count). The molecule has 0 unspecified atom stereocenters. The molecule has 0 spiro atoms. The maximum atomic E-state index is 13.4. The Morgan fingerprint density at radius 3 is 1.78 bits per heavy atom. The zero-order valence-corrected chi connectivity index (χ0v) is 13.1. The molecule has 122 valence electrons. The SMILES string of the molecule is Cc1cc2c(c(C(F)(F)F)c1C(F)(F)F)Sc1ccccc1S2. The van der Waals surface area contributed by atoms with Crippen molar-refractivity contribution in [2.75, 3.05) is 0 Å². The van der Waals surface area contributed by atoms with E-state index in [4.69, 9.17) is 0 Å². The van der Waals surface area contributed by atoms with Gasteiger partial charge < -0.3 is 0 Å². The second-order valence-corrected chi connectivity index (χ2v) is 7.05. The molecule has 0 fully saturated rings. The molecule has 2 aromatic carbocycles. The topological polar surface area (TPSA) is 0 Å². The summed E-state index contributed by atoms with van der Waals surface area (Å²) < 4.78 is 79.8. The number of fused-ring (bicyclic) bond motifs is 2. The van der Waals surface area contributed by atoms with E-state index in [1.165, 1.54) is 6.07 Å². The zero-order valence-electron chi connectivity index (χ0n) is 11.5. The van der Waals surface area contributed by atoms with Crippen LogP contribution in [-0.2, 0) is 12.4 Å². The van der Waals surface area contributed by atoms with E-state index in [1.807, 2.05) is 0 Å². The summed E-state index contributed by atoms with van der Waals surface area (Å²) in [4.78, 5) is 1.08. The Kier molecular flexibility index (Phi) is 3.87. The summed E-state index contributed by atoms with van der Waals surface area (Å²) in [5.74, 6) is 0. The molecule has 1 aliphatic heterocycles. The van der Waals surface area contributed by atoms with Gasteiger partial charge in [0.15, 0.2) is 0 Å². The number of rotatable bonds is 0. The number of halogens is 6. The summed E-state index contributed by atoms with van der Waals surface area (Å²) in [6.45, 7) is 1.06. The molecule has 23 heavy (non-hydrogen) atoms. The van der Waals surface area contributed by atoms with Crippen LogP contribution in [0.5, 0.6) is 0 Å². The Hall–Kier alpha value is -1.28. The zero-order chi connectivity index (χ0) is 17.0. The first kappa shape index (κ1) is 16.6. The van der Waals surface area contributed by atoms with E-state index in [-0.39, 0.29) is 9.79 Å². The van der Waals surface area contributed by atoms with Crippen LogP contribution in [0.15, 0.2) is 49.9 Å². The van der Waals surface area contributed by atoms with Crippen molar-refractivity contribution >= 4 is 23.5 Å². The van der Waals surface area contributed by atoms with Crippen molar-refractivity contribution in [2.45, 2.75) is 38.9 Å². The van der Waals surface area contributed by atoms with Gasteiger partial charge in [0.25, 0.3) is 0 Å². The molecule has 0 N–H and O–H groups in total. The van der Waals surface area contributed by atoms with E-state index in [2.05, 4.69) is 0 Å². The molecule has 0 saturated heterocycles. The quantitative estimate of drug-likeness (QED) is 0.409. The largest absolute Gasteiger partial charge is 0.418 e. The maximum absolute atomic E-state index is 13.4. The van der Waals surface area contributed by atoms with Crippen molar-refractivity contribution in [1.29, 1.82) is 0 Å². The average molecular weight is 366 g/mol. The first-order chi connectivity index (χ1) is 10.6. The fourth-order valence-electron chi connectivity index (χ4n) is 2.43. The van der Waals surface area contributed by atoms with E-state index >= 15 is 0 Å². The Bertz CT molecular complexity index is 777. The van der Waals surface area contributed by atoms with Crippen LogP contribution >= 0.6 is 23.5 Å². The van der Waals surface area contributed by atoms with Gasteiger partial charge in [0.1, 0.15) is 0 Å². The lowest BCUT2D eigenvalue weighted by atomic mass is 10.0. The van der Waals surface area contributed by atoms with Crippen molar-refractivity contribution in [1.82, 2.24) is 0 Å². The van der Waals surface area contributed by atoms with Gasteiger partial charge in [-0.2, -0.15) is 26.3 Å². The van der Waals surface area contributed by atoms with Crippen LogP contribution in [-0.4, -0.2) is 0 Å². The molecule has 0 bridgehead atoms. The summed E-state index contributed by atoms with van der Waals surface area (Å²) in [7, 11) is 0. The molecule has 0 nitrogen and oxygen atoms in total. The number of hydrogen-bond acceptors (Lipinski definition) is 2. The van der Waals surface area contributed by atoms with Crippen LogP contribution in [0.1, 0.15) is 16.7 Å².